The van der Waals surface area contributed by atoms with E-state index >= 15 is 0 Å². The summed E-state index contributed by atoms with van der Waals surface area (Å²) in [6, 6.07) is 10.1. The fraction of sp³-hybridized carbons (Fsp3) is 0.0588. The number of aromatic nitrogens is 3. The van der Waals surface area contributed by atoms with E-state index in [4.69, 9.17) is 4.42 Å². The normalized spacial score (nSPS) is 11.0. The average molecular weight is 308 g/mol. The molecule has 0 atom stereocenters. The van der Waals surface area contributed by atoms with E-state index < -0.39 is 0 Å². The third-order valence-electron chi connectivity index (χ3n) is 3.54. The lowest BCUT2D eigenvalue weighted by molar-refractivity contribution is 0.518. The second-order valence-electron chi connectivity index (χ2n) is 5.06. The molecule has 0 saturated heterocycles. The summed E-state index contributed by atoms with van der Waals surface area (Å²) in [7, 11) is 0. The summed E-state index contributed by atoms with van der Waals surface area (Å²) < 4.78 is 20.8. The summed E-state index contributed by atoms with van der Waals surface area (Å²) in [6.45, 7) is 0.505. The van der Waals surface area contributed by atoms with Gasteiger partial charge in [-0.15, -0.1) is 0 Å². The van der Waals surface area contributed by atoms with E-state index in [1.165, 1.54) is 12.1 Å². The number of hydrogen-bond donors (Lipinski definition) is 1. The molecule has 0 aliphatic heterocycles. The van der Waals surface area contributed by atoms with Crippen LogP contribution in [0.25, 0.3) is 16.9 Å². The topological polar surface area (TPSA) is 55.4 Å². The Labute approximate surface area is 131 Å². The first-order valence-corrected chi connectivity index (χ1v) is 7.15. The van der Waals surface area contributed by atoms with Gasteiger partial charge in [0.2, 0.25) is 0 Å². The number of furan rings is 1. The van der Waals surface area contributed by atoms with E-state index in [1.807, 2.05) is 28.8 Å². The van der Waals surface area contributed by atoms with Crippen molar-refractivity contribution in [3.63, 3.8) is 0 Å². The van der Waals surface area contributed by atoms with Gasteiger partial charge in [0, 0.05) is 18.0 Å². The molecule has 0 aliphatic rings. The molecule has 1 N–H and O–H groups in total. The van der Waals surface area contributed by atoms with Gasteiger partial charge in [0.25, 0.3) is 0 Å². The standard InChI is InChI=1S/C17H13FN4O/c18-13-4-1-3-12(9-13)16-17(20-10-14-5-2-8-23-14)22-7-6-19-11-15(22)21-16/h1-9,11,20H,10H2. The zero-order chi connectivity index (χ0) is 15.6. The molecule has 0 unspecified atom stereocenters. The van der Waals surface area contributed by atoms with Crippen molar-refractivity contribution in [2.75, 3.05) is 5.32 Å². The van der Waals surface area contributed by atoms with Crippen LogP contribution in [0.2, 0.25) is 0 Å². The summed E-state index contributed by atoms with van der Waals surface area (Å²) in [5.74, 6) is 1.28. The van der Waals surface area contributed by atoms with Crippen LogP contribution in [0.3, 0.4) is 0 Å². The third kappa shape index (κ3) is 2.55. The van der Waals surface area contributed by atoms with Crippen molar-refractivity contribution in [3.05, 3.63) is 72.8 Å². The Balaban J connectivity index is 1.81. The van der Waals surface area contributed by atoms with Crippen LogP contribution in [-0.2, 0) is 6.54 Å². The maximum Gasteiger partial charge on any atom is 0.157 e. The van der Waals surface area contributed by atoms with Gasteiger partial charge >= 0.3 is 0 Å². The van der Waals surface area contributed by atoms with Crippen molar-refractivity contribution >= 4 is 11.5 Å². The van der Waals surface area contributed by atoms with Crippen LogP contribution in [0.1, 0.15) is 5.76 Å². The number of nitrogens with zero attached hydrogens (tertiary/aromatic N) is 3. The molecule has 0 amide bonds. The number of nitrogens with one attached hydrogen (secondary N) is 1. The molecule has 0 fully saturated rings. The molecule has 1 aromatic carbocycles. The number of anilines is 1. The van der Waals surface area contributed by atoms with Crippen molar-refractivity contribution in [2.45, 2.75) is 6.54 Å². The number of rotatable bonds is 4. The highest BCUT2D eigenvalue weighted by atomic mass is 19.1. The molecule has 114 valence electrons. The zero-order valence-corrected chi connectivity index (χ0v) is 12.1. The molecule has 0 saturated carbocycles. The summed E-state index contributed by atoms with van der Waals surface area (Å²) in [5, 5.41) is 3.31. The Hall–Kier alpha value is -3.15. The Morgan fingerprint density at radius 2 is 2.17 bits per heavy atom. The molecule has 0 spiro atoms. The predicted octanol–water partition coefficient (Wildman–Crippen LogP) is 3.74. The first-order valence-electron chi connectivity index (χ1n) is 7.15. The van der Waals surface area contributed by atoms with Crippen molar-refractivity contribution < 1.29 is 8.81 Å². The maximum absolute atomic E-state index is 13.6. The molecule has 23 heavy (non-hydrogen) atoms. The zero-order valence-electron chi connectivity index (χ0n) is 12.1. The molecule has 4 rings (SSSR count). The second kappa shape index (κ2) is 5.57. The van der Waals surface area contributed by atoms with Gasteiger partial charge in [-0.25, -0.2) is 9.37 Å². The largest absolute Gasteiger partial charge is 0.467 e. The highest BCUT2D eigenvalue weighted by Crippen LogP contribution is 2.29. The van der Waals surface area contributed by atoms with Crippen LogP contribution in [0.15, 0.2) is 65.7 Å². The lowest BCUT2D eigenvalue weighted by Gasteiger charge is -2.07. The monoisotopic (exact) mass is 308 g/mol. The van der Waals surface area contributed by atoms with Crippen molar-refractivity contribution in [1.29, 1.82) is 0 Å². The van der Waals surface area contributed by atoms with Gasteiger partial charge in [-0.3, -0.25) is 9.38 Å². The van der Waals surface area contributed by atoms with E-state index in [-0.39, 0.29) is 5.82 Å². The molecule has 4 aromatic rings. The Bertz CT molecular complexity index is 946. The van der Waals surface area contributed by atoms with E-state index in [0.29, 0.717) is 23.4 Å². The molecule has 0 bridgehead atoms. The van der Waals surface area contributed by atoms with Gasteiger partial charge < -0.3 is 9.73 Å². The first kappa shape index (κ1) is 13.5. The van der Waals surface area contributed by atoms with Gasteiger partial charge in [0.05, 0.1) is 19.0 Å². The minimum Gasteiger partial charge on any atom is -0.467 e. The molecule has 0 radical (unpaired) electrons. The molecule has 3 heterocycles. The van der Waals surface area contributed by atoms with Gasteiger partial charge in [-0.05, 0) is 24.3 Å². The number of hydrogen-bond acceptors (Lipinski definition) is 4. The van der Waals surface area contributed by atoms with Crippen LogP contribution in [0.5, 0.6) is 0 Å². The molecule has 6 heteroatoms. The Morgan fingerprint density at radius 3 is 3.00 bits per heavy atom. The van der Waals surface area contributed by atoms with Gasteiger partial charge in [-0.2, -0.15) is 0 Å². The summed E-state index contributed by atoms with van der Waals surface area (Å²) in [5.41, 5.74) is 2.06. The van der Waals surface area contributed by atoms with Gasteiger partial charge in [0.15, 0.2) is 5.65 Å². The minimum absolute atomic E-state index is 0.297. The smallest absolute Gasteiger partial charge is 0.157 e. The first-order chi connectivity index (χ1) is 11.3. The lowest BCUT2D eigenvalue weighted by Crippen LogP contribution is -2.02. The van der Waals surface area contributed by atoms with Gasteiger partial charge in [0.1, 0.15) is 23.1 Å². The number of imidazole rings is 1. The molecule has 3 aromatic heterocycles. The van der Waals surface area contributed by atoms with Crippen LogP contribution in [0, 0.1) is 5.82 Å². The summed E-state index contributed by atoms with van der Waals surface area (Å²) in [6.07, 6.45) is 6.79. The van der Waals surface area contributed by atoms with Crippen LogP contribution in [0.4, 0.5) is 10.2 Å². The third-order valence-corrected chi connectivity index (χ3v) is 3.54. The highest BCUT2D eigenvalue weighted by molar-refractivity contribution is 5.76. The quantitative estimate of drug-likeness (QED) is 0.624. The van der Waals surface area contributed by atoms with E-state index in [1.54, 1.807) is 24.7 Å². The molecule has 5 nitrogen and oxygen atoms in total. The second-order valence-corrected chi connectivity index (χ2v) is 5.06. The van der Waals surface area contributed by atoms with Crippen LogP contribution in [-0.4, -0.2) is 14.4 Å². The lowest BCUT2D eigenvalue weighted by atomic mass is 10.1. The summed E-state index contributed by atoms with van der Waals surface area (Å²) >= 11 is 0. The maximum atomic E-state index is 13.6. The summed E-state index contributed by atoms with van der Waals surface area (Å²) in [4.78, 5) is 8.65. The van der Waals surface area contributed by atoms with E-state index in [9.17, 15) is 4.39 Å². The fourth-order valence-corrected chi connectivity index (χ4v) is 2.50. The minimum atomic E-state index is -0.297. The SMILES string of the molecule is Fc1cccc(-c2nc3cnccn3c2NCc2ccco2)c1. The highest BCUT2D eigenvalue weighted by Gasteiger charge is 2.14. The van der Waals surface area contributed by atoms with Crippen molar-refractivity contribution in [3.8, 4) is 11.3 Å². The number of benzene rings is 1. The number of halogens is 1. The van der Waals surface area contributed by atoms with Crippen molar-refractivity contribution in [2.24, 2.45) is 0 Å². The van der Waals surface area contributed by atoms with E-state index in [2.05, 4.69) is 15.3 Å². The van der Waals surface area contributed by atoms with Crippen LogP contribution >= 0.6 is 0 Å². The van der Waals surface area contributed by atoms with Crippen molar-refractivity contribution in [1.82, 2.24) is 14.4 Å². The molecular weight excluding hydrogens is 295 g/mol. The number of fused-ring (bicyclic) bond motifs is 1. The Morgan fingerprint density at radius 1 is 1.22 bits per heavy atom. The molecular formula is C17H13FN4O. The average Bonchev–Trinajstić information content (AvgIpc) is 3.20. The van der Waals surface area contributed by atoms with E-state index in [0.717, 1.165) is 11.6 Å². The molecule has 0 aliphatic carbocycles. The Kier molecular flexibility index (Phi) is 3.27. The van der Waals surface area contributed by atoms with Gasteiger partial charge in [-0.1, -0.05) is 12.1 Å². The predicted molar refractivity (Wildman–Crippen MR) is 84.4 cm³/mol. The van der Waals surface area contributed by atoms with Crippen LogP contribution < -0.4 is 5.32 Å². The fourth-order valence-electron chi connectivity index (χ4n) is 2.50.